The van der Waals surface area contributed by atoms with E-state index in [0.717, 1.165) is 25.7 Å². The summed E-state index contributed by atoms with van der Waals surface area (Å²) in [5, 5.41) is 21.3. The molecule has 1 saturated heterocycles. The number of hydrogen-bond donors (Lipinski definition) is 2. The first-order chi connectivity index (χ1) is 15.7. The van der Waals surface area contributed by atoms with Crippen LogP contribution in [0.15, 0.2) is 11.6 Å². The Morgan fingerprint density at radius 1 is 1.06 bits per heavy atom. The van der Waals surface area contributed by atoms with E-state index in [0.29, 0.717) is 36.1 Å². The Morgan fingerprint density at radius 2 is 1.76 bits per heavy atom. The molecular weight excluding hydrogens is 424 g/mol. The Labute approximate surface area is 206 Å². The standard InChI is InChI=1S/C30H48O4/c1-26(2)23-9-8-21-20(28(23,5)13-12-24(26)32)11-15-29(6)19(10-14-30(21,29)7)18-16-22(31)25(34-17-18)27(3,4)33/h8,18-20,22-23,25,31,33H,9-17H2,1-7H3/t18-,19+,20+,22-,23+,25?,28-,29+,30-/m1/s1. The molecule has 5 aliphatic rings. The fourth-order valence-electron chi connectivity index (χ4n) is 10.1. The van der Waals surface area contributed by atoms with Crippen molar-refractivity contribution in [3.8, 4) is 0 Å². The van der Waals surface area contributed by atoms with Crippen molar-refractivity contribution in [1.29, 1.82) is 0 Å². The van der Waals surface area contributed by atoms with Crippen molar-refractivity contribution in [3.63, 3.8) is 0 Å². The summed E-state index contributed by atoms with van der Waals surface area (Å²) < 4.78 is 6.12. The molecule has 0 aromatic rings. The average Bonchev–Trinajstić information content (AvgIpc) is 3.02. The zero-order valence-corrected chi connectivity index (χ0v) is 22.6. The van der Waals surface area contributed by atoms with Crippen LogP contribution in [0.1, 0.15) is 99.8 Å². The molecule has 0 radical (unpaired) electrons. The van der Waals surface area contributed by atoms with Crippen molar-refractivity contribution in [2.24, 2.45) is 45.3 Å². The van der Waals surface area contributed by atoms with Crippen LogP contribution in [0.4, 0.5) is 0 Å². The largest absolute Gasteiger partial charge is 0.390 e. The predicted octanol–water partition coefficient (Wildman–Crippen LogP) is 5.70. The van der Waals surface area contributed by atoms with Crippen molar-refractivity contribution >= 4 is 5.78 Å². The highest BCUT2D eigenvalue weighted by atomic mass is 16.5. The van der Waals surface area contributed by atoms with Gasteiger partial charge in [-0.3, -0.25) is 4.79 Å². The summed E-state index contributed by atoms with van der Waals surface area (Å²) in [4.78, 5) is 12.8. The molecule has 34 heavy (non-hydrogen) atoms. The van der Waals surface area contributed by atoms with E-state index in [1.165, 1.54) is 25.7 Å². The minimum absolute atomic E-state index is 0.179. The third-order valence-electron chi connectivity index (χ3n) is 12.3. The highest BCUT2D eigenvalue weighted by molar-refractivity contribution is 5.85. The molecule has 0 amide bonds. The Bertz CT molecular complexity index is 883. The van der Waals surface area contributed by atoms with Gasteiger partial charge in [0.15, 0.2) is 0 Å². The Kier molecular flexibility index (Phi) is 5.62. The summed E-state index contributed by atoms with van der Waals surface area (Å²) >= 11 is 0. The fourth-order valence-corrected chi connectivity index (χ4v) is 10.1. The van der Waals surface area contributed by atoms with Crippen LogP contribution in [0.2, 0.25) is 0 Å². The Morgan fingerprint density at radius 3 is 2.41 bits per heavy atom. The van der Waals surface area contributed by atoms with Gasteiger partial charge in [0.1, 0.15) is 11.9 Å². The molecule has 3 saturated carbocycles. The van der Waals surface area contributed by atoms with Gasteiger partial charge >= 0.3 is 0 Å². The molecule has 192 valence electrons. The second kappa shape index (κ2) is 7.65. The number of carbonyl (C=O) groups is 1. The second-order valence-electron chi connectivity index (χ2n) is 14.6. The Hall–Kier alpha value is -0.710. The molecule has 9 atom stereocenters. The quantitative estimate of drug-likeness (QED) is 0.506. The van der Waals surface area contributed by atoms with E-state index in [-0.39, 0.29) is 21.7 Å². The van der Waals surface area contributed by atoms with Gasteiger partial charge in [0.25, 0.3) is 0 Å². The van der Waals surface area contributed by atoms with Crippen LogP contribution < -0.4 is 0 Å². The van der Waals surface area contributed by atoms with Crippen LogP contribution in [-0.2, 0) is 9.53 Å². The number of allylic oxidation sites excluding steroid dienone is 2. The molecule has 4 nitrogen and oxygen atoms in total. The summed E-state index contributed by atoms with van der Waals surface area (Å²) in [5.41, 5.74) is 1.05. The second-order valence-corrected chi connectivity index (χ2v) is 14.6. The summed E-state index contributed by atoms with van der Waals surface area (Å²) in [7, 11) is 0. The lowest BCUT2D eigenvalue weighted by Crippen LogP contribution is -2.58. The minimum Gasteiger partial charge on any atom is -0.390 e. The third kappa shape index (κ3) is 3.23. The van der Waals surface area contributed by atoms with Crippen LogP contribution in [0.3, 0.4) is 0 Å². The number of aliphatic hydroxyl groups is 2. The van der Waals surface area contributed by atoms with E-state index >= 15 is 0 Å². The summed E-state index contributed by atoms with van der Waals surface area (Å²) in [5.74, 6) is 2.37. The molecule has 0 aromatic carbocycles. The van der Waals surface area contributed by atoms with E-state index in [9.17, 15) is 15.0 Å². The first-order valence-electron chi connectivity index (χ1n) is 13.9. The first-order valence-corrected chi connectivity index (χ1v) is 13.9. The van der Waals surface area contributed by atoms with Crippen LogP contribution in [0.5, 0.6) is 0 Å². The molecule has 4 fully saturated rings. The summed E-state index contributed by atoms with van der Waals surface area (Å²) in [6.07, 6.45) is 9.84. The van der Waals surface area contributed by atoms with Crippen LogP contribution >= 0.6 is 0 Å². The molecule has 1 aliphatic heterocycles. The molecule has 4 heteroatoms. The van der Waals surface area contributed by atoms with E-state index in [2.05, 4.69) is 40.7 Å². The van der Waals surface area contributed by atoms with Crippen LogP contribution in [0, 0.1) is 45.3 Å². The average molecular weight is 473 g/mol. The van der Waals surface area contributed by atoms with Crippen molar-refractivity contribution in [3.05, 3.63) is 11.6 Å². The number of aliphatic hydroxyl groups excluding tert-OH is 1. The third-order valence-corrected chi connectivity index (χ3v) is 12.3. The molecule has 0 aromatic heterocycles. The zero-order valence-electron chi connectivity index (χ0n) is 22.6. The van der Waals surface area contributed by atoms with Gasteiger partial charge in [-0.15, -0.1) is 0 Å². The smallest absolute Gasteiger partial charge is 0.138 e. The molecule has 0 bridgehead atoms. The minimum atomic E-state index is -1.02. The van der Waals surface area contributed by atoms with Gasteiger partial charge in [0.05, 0.1) is 18.3 Å². The Balaban J connectivity index is 1.43. The monoisotopic (exact) mass is 472 g/mol. The van der Waals surface area contributed by atoms with Gasteiger partial charge in [-0.05, 0) is 98.7 Å². The molecular formula is C30H48O4. The first kappa shape index (κ1) is 25.0. The highest BCUT2D eigenvalue weighted by Crippen LogP contribution is 2.73. The lowest BCUT2D eigenvalue weighted by Gasteiger charge is -2.63. The maximum Gasteiger partial charge on any atom is 0.138 e. The number of fused-ring (bicyclic) bond motifs is 5. The van der Waals surface area contributed by atoms with Crippen LogP contribution in [-0.4, -0.2) is 40.4 Å². The highest BCUT2D eigenvalue weighted by Gasteiger charge is 2.66. The van der Waals surface area contributed by atoms with Crippen molar-refractivity contribution in [1.82, 2.24) is 0 Å². The maximum absolute atomic E-state index is 12.8. The van der Waals surface area contributed by atoms with E-state index in [1.807, 2.05) is 0 Å². The van der Waals surface area contributed by atoms with E-state index in [4.69, 9.17) is 4.74 Å². The number of ketones is 1. The van der Waals surface area contributed by atoms with Gasteiger partial charge < -0.3 is 14.9 Å². The lowest BCUT2D eigenvalue weighted by molar-refractivity contribution is -0.187. The van der Waals surface area contributed by atoms with Gasteiger partial charge in [0.2, 0.25) is 0 Å². The zero-order chi connectivity index (χ0) is 24.9. The number of carbonyl (C=O) groups excluding carboxylic acids is 1. The molecule has 5 rings (SSSR count). The number of hydrogen-bond acceptors (Lipinski definition) is 4. The molecule has 1 unspecified atom stereocenters. The van der Waals surface area contributed by atoms with Crippen molar-refractivity contribution in [2.75, 3.05) is 6.61 Å². The van der Waals surface area contributed by atoms with Crippen LogP contribution in [0.25, 0.3) is 0 Å². The number of rotatable bonds is 2. The summed E-state index contributed by atoms with van der Waals surface area (Å²) in [6.45, 7) is 16.1. The topological polar surface area (TPSA) is 66.8 Å². The van der Waals surface area contributed by atoms with Crippen molar-refractivity contribution < 1.29 is 19.7 Å². The molecule has 2 N–H and O–H groups in total. The molecule has 4 aliphatic carbocycles. The van der Waals surface area contributed by atoms with E-state index < -0.39 is 17.8 Å². The normalized spacial score (nSPS) is 50.7. The predicted molar refractivity (Wildman–Crippen MR) is 134 cm³/mol. The fraction of sp³-hybridized carbons (Fsp3) is 0.900. The lowest BCUT2D eigenvalue weighted by atomic mass is 9.41. The van der Waals surface area contributed by atoms with Gasteiger partial charge in [0, 0.05) is 11.8 Å². The van der Waals surface area contributed by atoms with E-state index in [1.54, 1.807) is 19.4 Å². The maximum atomic E-state index is 12.8. The molecule has 0 spiro atoms. The van der Waals surface area contributed by atoms with Crippen molar-refractivity contribution in [2.45, 2.75) is 118 Å². The van der Waals surface area contributed by atoms with Gasteiger partial charge in [-0.1, -0.05) is 46.3 Å². The van der Waals surface area contributed by atoms with Gasteiger partial charge in [-0.25, -0.2) is 0 Å². The van der Waals surface area contributed by atoms with Gasteiger partial charge in [-0.2, -0.15) is 0 Å². The number of ether oxygens (including phenoxy) is 1. The number of Topliss-reactive ketones (excluding diaryl/α,β-unsaturated/α-hetero) is 1. The summed E-state index contributed by atoms with van der Waals surface area (Å²) in [6, 6.07) is 0. The molecule has 1 heterocycles. The SMILES string of the molecule is CC(C)(O)C1OC[C@H]([C@@H]2CC[C@]3(C)C4=CC[C@H]5C(C)(C)C(=O)CC[C@]5(C)[C@H]4CC[C@@]23C)C[C@H]1O.